The zero-order chi connectivity index (χ0) is 14.9. The Morgan fingerprint density at radius 1 is 1.14 bits per heavy atom. The van der Waals surface area contributed by atoms with Gasteiger partial charge in [0, 0.05) is 18.6 Å². The SMILES string of the molecule is C[C@H](Cc1ccccc1)CN(C1CC1)[C@H]1CCS(=O)(=O)C1. The quantitative estimate of drug-likeness (QED) is 0.810. The van der Waals surface area contributed by atoms with Crippen LogP contribution in [0.15, 0.2) is 30.3 Å². The second-order valence-electron chi connectivity index (χ2n) is 6.78. The Labute approximate surface area is 128 Å². The van der Waals surface area contributed by atoms with E-state index in [1.54, 1.807) is 0 Å². The highest BCUT2D eigenvalue weighted by molar-refractivity contribution is 7.91. The lowest BCUT2D eigenvalue weighted by Crippen LogP contribution is -2.41. The lowest BCUT2D eigenvalue weighted by molar-refractivity contribution is 0.174. The molecule has 0 bridgehead atoms. The average Bonchev–Trinajstić information content (AvgIpc) is 3.21. The standard InChI is InChI=1S/C17H25NO2S/c1-14(11-15-5-3-2-4-6-15)12-18(16-7-8-16)17-9-10-21(19,20)13-17/h2-6,14,16-17H,7-13H2,1H3/t14-,17+/m1/s1. The maximum atomic E-state index is 11.7. The largest absolute Gasteiger partial charge is 0.296 e. The third-order valence-corrected chi connectivity index (χ3v) is 6.39. The molecule has 1 aromatic carbocycles. The number of hydrogen-bond donors (Lipinski definition) is 0. The minimum atomic E-state index is -2.78. The van der Waals surface area contributed by atoms with Gasteiger partial charge in [0.2, 0.25) is 0 Å². The lowest BCUT2D eigenvalue weighted by Gasteiger charge is -2.30. The fourth-order valence-electron chi connectivity index (χ4n) is 3.48. The summed E-state index contributed by atoms with van der Waals surface area (Å²) in [6.07, 6.45) is 4.39. The van der Waals surface area contributed by atoms with Gasteiger partial charge in [-0.05, 0) is 37.2 Å². The van der Waals surface area contributed by atoms with Crippen LogP contribution in [-0.2, 0) is 16.3 Å². The Bertz CT molecular complexity index is 566. The van der Waals surface area contributed by atoms with E-state index in [-0.39, 0.29) is 6.04 Å². The highest BCUT2D eigenvalue weighted by Gasteiger charge is 2.39. The average molecular weight is 307 g/mol. The molecule has 0 unspecified atom stereocenters. The zero-order valence-electron chi connectivity index (χ0n) is 12.7. The molecule has 116 valence electrons. The first-order valence-electron chi connectivity index (χ1n) is 8.03. The van der Waals surface area contributed by atoms with Crippen LogP contribution in [0.25, 0.3) is 0 Å². The van der Waals surface area contributed by atoms with Crippen molar-refractivity contribution in [3.05, 3.63) is 35.9 Å². The number of sulfone groups is 1. The molecule has 21 heavy (non-hydrogen) atoms. The summed E-state index contributed by atoms with van der Waals surface area (Å²) in [6.45, 7) is 3.31. The molecule has 1 aliphatic carbocycles. The van der Waals surface area contributed by atoms with Gasteiger partial charge in [-0.25, -0.2) is 8.42 Å². The fourth-order valence-corrected chi connectivity index (χ4v) is 5.22. The summed E-state index contributed by atoms with van der Waals surface area (Å²) in [4.78, 5) is 2.50. The molecule has 0 aromatic heterocycles. The third kappa shape index (κ3) is 4.07. The topological polar surface area (TPSA) is 37.4 Å². The highest BCUT2D eigenvalue weighted by atomic mass is 32.2. The Balaban J connectivity index is 1.60. The van der Waals surface area contributed by atoms with Gasteiger partial charge in [-0.3, -0.25) is 4.90 Å². The first-order valence-corrected chi connectivity index (χ1v) is 9.86. The first-order chi connectivity index (χ1) is 10.0. The van der Waals surface area contributed by atoms with Crippen molar-refractivity contribution in [2.45, 2.75) is 44.7 Å². The molecule has 2 fully saturated rings. The van der Waals surface area contributed by atoms with E-state index < -0.39 is 9.84 Å². The Morgan fingerprint density at radius 3 is 2.43 bits per heavy atom. The van der Waals surface area contributed by atoms with Crippen molar-refractivity contribution in [1.82, 2.24) is 4.90 Å². The summed E-state index contributed by atoms with van der Waals surface area (Å²) in [5, 5.41) is 0. The van der Waals surface area contributed by atoms with E-state index in [4.69, 9.17) is 0 Å². The van der Waals surface area contributed by atoms with Crippen LogP contribution >= 0.6 is 0 Å². The van der Waals surface area contributed by atoms with Crippen LogP contribution in [-0.4, -0.2) is 43.5 Å². The van der Waals surface area contributed by atoms with Gasteiger partial charge in [0.05, 0.1) is 11.5 Å². The van der Waals surface area contributed by atoms with Crippen molar-refractivity contribution in [1.29, 1.82) is 0 Å². The Kier molecular flexibility index (Phi) is 4.36. The van der Waals surface area contributed by atoms with Crippen molar-refractivity contribution in [2.75, 3.05) is 18.1 Å². The van der Waals surface area contributed by atoms with Crippen molar-refractivity contribution in [3.63, 3.8) is 0 Å². The van der Waals surface area contributed by atoms with Crippen molar-refractivity contribution in [2.24, 2.45) is 5.92 Å². The van der Waals surface area contributed by atoms with Crippen molar-refractivity contribution < 1.29 is 8.42 Å². The second kappa shape index (κ2) is 6.09. The van der Waals surface area contributed by atoms with E-state index in [1.165, 1.54) is 18.4 Å². The summed E-state index contributed by atoms with van der Waals surface area (Å²) in [5.41, 5.74) is 1.37. The molecule has 3 nitrogen and oxygen atoms in total. The van der Waals surface area contributed by atoms with E-state index in [0.29, 0.717) is 23.5 Å². The molecule has 1 heterocycles. The molecule has 1 aromatic rings. The molecular weight excluding hydrogens is 282 g/mol. The van der Waals surface area contributed by atoms with Crippen molar-refractivity contribution in [3.8, 4) is 0 Å². The van der Waals surface area contributed by atoms with E-state index in [2.05, 4.69) is 36.1 Å². The summed E-state index contributed by atoms with van der Waals surface area (Å²) >= 11 is 0. The van der Waals surface area contributed by atoms with Crippen LogP contribution in [0.3, 0.4) is 0 Å². The van der Waals surface area contributed by atoms with E-state index >= 15 is 0 Å². The van der Waals surface area contributed by atoms with Gasteiger partial charge in [-0.15, -0.1) is 0 Å². The van der Waals surface area contributed by atoms with E-state index in [0.717, 1.165) is 19.4 Å². The van der Waals surface area contributed by atoms with E-state index in [1.807, 2.05) is 6.07 Å². The first kappa shape index (κ1) is 15.0. The maximum Gasteiger partial charge on any atom is 0.151 e. The molecule has 3 rings (SSSR count). The molecule has 0 amide bonds. The lowest BCUT2D eigenvalue weighted by atomic mass is 9.99. The van der Waals surface area contributed by atoms with Crippen LogP contribution in [0.5, 0.6) is 0 Å². The van der Waals surface area contributed by atoms with Crippen LogP contribution < -0.4 is 0 Å². The monoisotopic (exact) mass is 307 g/mol. The molecule has 1 saturated carbocycles. The number of nitrogens with zero attached hydrogens (tertiary/aromatic N) is 1. The molecule has 4 heteroatoms. The highest BCUT2D eigenvalue weighted by Crippen LogP contribution is 2.33. The number of rotatable bonds is 6. The maximum absolute atomic E-state index is 11.7. The molecule has 0 N–H and O–H groups in total. The number of benzene rings is 1. The summed E-state index contributed by atoms with van der Waals surface area (Å²) in [7, 11) is -2.78. The predicted molar refractivity (Wildman–Crippen MR) is 86.1 cm³/mol. The smallest absolute Gasteiger partial charge is 0.151 e. The Morgan fingerprint density at radius 2 is 1.86 bits per heavy atom. The molecule has 1 aliphatic heterocycles. The van der Waals surface area contributed by atoms with Crippen LogP contribution in [0.1, 0.15) is 31.7 Å². The van der Waals surface area contributed by atoms with Gasteiger partial charge in [0.1, 0.15) is 0 Å². The Hall–Kier alpha value is -0.870. The molecular formula is C17H25NO2S. The van der Waals surface area contributed by atoms with Gasteiger partial charge in [0.15, 0.2) is 9.84 Å². The normalized spacial score (nSPS) is 26.1. The van der Waals surface area contributed by atoms with Gasteiger partial charge >= 0.3 is 0 Å². The van der Waals surface area contributed by atoms with Gasteiger partial charge < -0.3 is 0 Å². The molecule has 2 aliphatic rings. The fraction of sp³-hybridized carbons (Fsp3) is 0.647. The second-order valence-corrected chi connectivity index (χ2v) is 9.01. The van der Waals surface area contributed by atoms with Crippen LogP contribution in [0.4, 0.5) is 0 Å². The molecule has 0 radical (unpaired) electrons. The van der Waals surface area contributed by atoms with Crippen LogP contribution in [0, 0.1) is 5.92 Å². The molecule has 1 saturated heterocycles. The third-order valence-electron chi connectivity index (χ3n) is 4.64. The molecule has 0 spiro atoms. The zero-order valence-corrected chi connectivity index (χ0v) is 13.6. The number of hydrogen-bond acceptors (Lipinski definition) is 3. The van der Waals surface area contributed by atoms with Gasteiger partial charge in [-0.1, -0.05) is 37.3 Å². The summed E-state index contributed by atoms with van der Waals surface area (Å²) in [5.74, 6) is 1.33. The minimum Gasteiger partial charge on any atom is -0.296 e. The molecule has 2 atom stereocenters. The van der Waals surface area contributed by atoms with Crippen LogP contribution in [0.2, 0.25) is 0 Å². The summed E-state index contributed by atoms with van der Waals surface area (Å²) < 4.78 is 23.5. The van der Waals surface area contributed by atoms with Gasteiger partial charge in [-0.2, -0.15) is 0 Å². The van der Waals surface area contributed by atoms with Gasteiger partial charge in [0.25, 0.3) is 0 Å². The minimum absolute atomic E-state index is 0.265. The van der Waals surface area contributed by atoms with E-state index in [9.17, 15) is 8.42 Å². The predicted octanol–water partition coefficient (Wildman–Crippen LogP) is 2.52. The summed E-state index contributed by atoms with van der Waals surface area (Å²) in [6, 6.07) is 11.5. The van der Waals surface area contributed by atoms with Crippen molar-refractivity contribution >= 4 is 9.84 Å².